The van der Waals surface area contributed by atoms with Crippen molar-refractivity contribution in [2.24, 2.45) is 0 Å². The summed E-state index contributed by atoms with van der Waals surface area (Å²) >= 11 is 0. The first kappa shape index (κ1) is 23.7. The van der Waals surface area contributed by atoms with Crippen LogP contribution in [0.25, 0.3) is 16.8 Å². The highest BCUT2D eigenvalue weighted by molar-refractivity contribution is 6.05. The van der Waals surface area contributed by atoms with E-state index in [-0.39, 0.29) is 18.8 Å². The molecule has 1 fully saturated rings. The van der Waals surface area contributed by atoms with Gasteiger partial charge in [-0.25, -0.2) is 0 Å². The fraction of sp³-hybridized carbons (Fsp3) is 0.440. The van der Waals surface area contributed by atoms with Crippen LogP contribution < -0.4 is 10.2 Å². The van der Waals surface area contributed by atoms with E-state index >= 15 is 0 Å². The minimum absolute atomic E-state index is 0.0187. The van der Waals surface area contributed by atoms with Crippen LogP contribution in [0.5, 0.6) is 0 Å². The summed E-state index contributed by atoms with van der Waals surface area (Å²) in [5.41, 5.74) is 2.04. The maximum absolute atomic E-state index is 12.6. The molecule has 1 atom stereocenters. The van der Waals surface area contributed by atoms with E-state index in [4.69, 9.17) is 14.6 Å². The molecule has 2 aromatic rings. The Labute approximate surface area is 189 Å². The van der Waals surface area contributed by atoms with Crippen molar-refractivity contribution in [1.29, 1.82) is 5.26 Å². The third-order valence-electron chi connectivity index (χ3n) is 5.64. The number of benzene rings is 2. The van der Waals surface area contributed by atoms with Gasteiger partial charge in [-0.3, -0.25) is 4.79 Å². The van der Waals surface area contributed by atoms with Gasteiger partial charge in [0.15, 0.2) is 0 Å². The Morgan fingerprint density at radius 3 is 2.69 bits per heavy atom. The van der Waals surface area contributed by atoms with E-state index in [0.717, 1.165) is 41.4 Å². The molecule has 170 valence electrons. The summed E-state index contributed by atoms with van der Waals surface area (Å²) in [7, 11) is 0. The maximum atomic E-state index is 12.6. The molecule has 1 amide bonds. The molecule has 2 aromatic carbocycles. The second-order valence-electron chi connectivity index (χ2n) is 7.64. The van der Waals surface area contributed by atoms with Crippen LogP contribution in [0.4, 0.5) is 5.69 Å². The second kappa shape index (κ2) is 12.2. The van der Waals surface area contributed by atoms with Crippen LogP contribution >= 0.6 is 0 Å². The minimum Gasteiger partial charge on any atom is -0.394 e. The maximum Gasteiger partial charge on any atom is 0.262 e. The largest absolute Gasteiger partial charge is 0.394 e. The van der Waals surface area contributed by atoms with Gasteiger partial charge in [0.1, 0.15) is 11.6 Å². The van der Waals surface area contributed by atoms with E-state index in [1.165, 1.54) is 0 Å². The molecule has 0 saturated carbocycles. The molecule has 1 aliphatic heterocycles. The van der Waals surface area contributed by atoms with Crippen molar-refractivity contribution < 1.29 is 19.4 Å². The topological polar surface area (TPSA) is 94.8 Å². The second-order valence-corrected chi connectivity index (χ2v) is 7.64. The van der Waals surface area contributed by atoms with Crippen molar-refractivity contribution >= 4 is 28.4 Å². The smallest absolute Gasteiger partial charge is 0.262 e. The van der Waals surface area contributed by atoms with Crippen molar-refractivity contribution in [3.05, 3.63) is 47.5 Å². The number of aliphatic hydroxyl groups excluding tert-OH is 1. The Hall–Kier alpha value is -2.92. The lowest BCUT2D eigenvalue weighted by Crippen LogP contribution is -2.47. The van der Waals surface area contributed by atoms with Crippen LogP contribution in [-0.2, 0) is 14.3 Å². The zero-order valence-electron chi connectivity index (χ0n) is 18.5. The quantitative estimate of drug-likeness (QED) is 0.301. The summed E-state index contributed by atoms with van der Waals surface area (Å²) in [6.45, 7) is 4.81. The first-order valence-electron chi connectivity index (χ1n) is 11.1. The number of hydrogen-bond acceptors (Lipinski definition) is 6. The van der Waals surface area contributed by atoms with Gasteiger partial charge in [-0.15, -0.1) is 0 Å². The lowest BCUT2D eigenvalue weighted by Gasteiger charge is -2.44. The number of nitrogens with zero attached hydrogens (tertiary/aromatic N) is 2. The predicted molar refractivity (Wildman–Crippen MR) is 125 cm³/mol. The van der Waals surface area contributed by atoms with Crippen LogP contribution in [0, 0.1) is 11.3 Å². The minimum atomic E-state index is -0.414. The summed E-state index contributed by atoms with van der Waals surface area (Å²) in [4.78, 5) is 15.0. The molecular weight excluding hydrogens is 406 g/mol. The van der Waals surface area contributed by atoms with Gasteiger partial charge in [-0.1, -0.05) is 43.3 Å². The van der Waals surface area contributed by atoms with E-state index in [2.05, 4.69) is 29.3 Å². The van der Waals surface area contributed by atoms with E-state index < -0.39 is 5.91 Å². The number of ether oxygens (including phenoxy) is 2. The van der Waals surface area contributed by atoms with Gasteiger partial charge in [0.25, 0.3) is 5.91 Å². The van der Waals surface area contributed by atoms with Gasteiger partial charge < -0.3 is 24.8 Å². The molecule has 0 spiro atoms. The number of hydrogen-bond donors (Lipinski definition) is 2. The van der Waals surface area contributed by atoms with Crippen molar-refractivity contribution in [1.82, 2.24) is 5.32 Å². The summed E-state index contributed by atoms with van der Waals surface area (Å²) in [5, 5.41) is 23.3. The van der Waals surface area contributed by atoms with Crippen LogP contribution in [-0.4, -0.2) is 63.2 Å². The Bertz CT molecular complexity index is 981. The SMILES string of the molecule is CCC1CCN1c1c(/C=C(\C#N)C(=O)NCCOCCOCCO)ccc2ccccc12. The standard InChI is InChI=1S/C25H31N3O4/c1-2-22-9-11-28(22)24-20(8-7-19-5-3-4-6-23(19)24)17-21(18-26)25(30)27-10-13-31-15-16-32-14-12-29/h3-8,17,22,29H,2,9-16H2,1H3,(H,27,30)/b21-17+. The number of carbonyl (C=O) groups is 1. The Balaban J connectivity index is 1.71. The predicted octanol–water partition coefficient (Wildman–Crippen LogP) is 2.88. The van der Waals surface area contributed by atoms with Crippen LogP contribution in [0.1, 0.15) is 25.3 Å². The van der Waals surface area contributed by atoms with E-state index in [1.807, 2.05) is 30.3 Å². The van der Waals surface area contributed by atoms with Gasteiger partial charge in [0.2, 0.25) is 0 Å². The molecule has 7 nitrogen and oxygen atoms in total. The average molecular weight is 438 g/mol. The number of aliphatic hydroxyl groups is 1. The zero-order valence-corrected chi connectivity index (χ0v) is 18.5. The van der Waals surface area contributed by atoms with Gasteiger partial charge in [-0.05, 0) is 29.9 Å². The van der Waals surface area contributed by atoms with Crippen molar-refractivity contribution in [3.8, 4) is 6.07 Å². The lowest BCUT2D eigenvalue weighted by molar-refractivity contribution is -0.117. The van der Waals surface area contributed by atoms with Crippen molar-refractivity contribution in [2.75, 3.05) is 51.0 Å². The molecule has 2 N–H and O–H groups in total. The summed E-state index contributed by atoms with van der Waals surface area (Å²) in [5.74, 6) is -0.414. The molecule has 0 bridgehead atoms. The van der Waals surface area contributed by atoms with Crippen molar-refractivity contribution in [3.63, 3.8) is 0 Å². The molecule has 1 saturated heterocycles. The fourth-order valence-corrected chi connectivity index (χ4v) is 3.89. The van der Waals surface area contributed by atoms with E-state index in [9.17, 15) is 10.1 Å². The van der Waals surface area contributed by atoms with Gasteiger partial charge >= 0.3 is 0 Å². The molecule has 0 radical (unpaired) electrons. The Morgan fingerprint density at radius 1 is 1.22 bits per heavy atom. The molecule has 3 rings (SSSR count). The Morgan fingerprint density at radius 2 is 2.00 bits per heavy atom. The molecule has 1 unspecified atom stereocenters. The first-order valence-corrected chi connectivity index (χ1v) is 11.1. The number of nitriles is 1. The van der Waals surface area contributed by atoms with Crippen molar-refractivity contribution in [2.45, 2.75) is 25.8 Å². The molecular formula is C25H31N3O4. The highest BCUT2D eigenvalue weighted by atomic mass is 16.5. The number of carbonyl (C=O) groups excluding carboxylic acids is 1. The highest BCUT2D eigenvalue weighted by Gasteiger charge is 2.29. The summed E-state index contributed by atoms with van der Waals surface area (Å²) < 4.78 is 10.5. The van der Waals surface area contributed by atoms with Crippen LogP contribution in [0.2, 0.25) is 0 Å². The molecule has 32 heavy (non-hydrogen) atoms. The summed E-state index contributed by atoms with van der Waals surface area (Å²) in [6, 6.07) is 14.8. The van der Waals surface area contributed by atoms with E-state index in [1.54, 1.807) is 6.08 Å². The van der Waals surface area contributed by atoms with Gasteiger partial charge in [0.05, 0.1) is 38.7 Å². The zero-order chi connectivity index (χ0) is 22.8. The van der Waals surface area contributed by atoms with E-state index in [0.29, 0.717) is 32.4 Å². The van der Waals surface area contributed by atoms with Gasteiger partial charge in [0, 0.05) is 24.5 Å². The summed E-state index contributed by atoms with van der Waals surface area (Å²) in [6.07, 6.45) is 3.90. The van der Waals surface area contributed by atoms with Crippen LogP contribution in [0.15, 0.2) is 42.0 Å². The average Bonchev–Trinajstić information content (AvgIpc) is 2.79. The molecule has 0 aliphatic carbocycles. The number of fused-ring (bicyclic) bond motifs is 1. The molecule has 1 aliphatic rings. The highest BCUT2D eigenvalue weighted by Crippen LogP contribution is 2.38. The normalized spacial score (nSPS) is 16.0. The molecule has 0 aromatic heterocycles. The molecule has 1 heterocycles. The third kappa shape index (κ3) is 5.86. The van der Waals surface area contributed by atoms with Gasteiger partial charge in [-0.2, -0.15) is 5.26 Å². The number of nitrogens with one attached hydrogen (secondary N) is 1. The van der Waals surface area contributed by atoms with Crippen LogP contribution in [0.3, 0.4) is 0 Å². The first-order chi connectivity index (χ1) is 15.7. The fourth-order valence-electron chi connectivity index (χ4n) is 3.89. The number of anilines is 1. The number of amides is 1. The monoisotopic (exact) mass is 437 g/mol. The lowest BCUT2D eigenvalue weighted by atomic mass is 9.94. The Kier molecular flexibility index (Phi) is 9.05. The third-order valence-corrected chi connectivity index (χ3v) is 5.64. The number of rotatable bonds is 12. The molecule has 7 heteroatoms.